The maximum atomic E-state index is 6.27. The van der Waals surface area contributed by atoms with Gasteiger partial charge in [-0.3, -0.25) is 0 Å². The van der Waals surface area contributed by atoms with Crippen LogP contribution in [0.1, 0.15) is 23.3 Å². The van der Waals surface area contributed by atoms with Gasteiger partial charge in [0.2, 0.25) is 0 Å². The van der Waals surface area contributed by atoms with E-state index >= 15 is 0 Å². The lowest BCUT2D eigenvalue weighted by molar-refractivity contribution is -0.0355. The molecule has 1 aliphatic rings. The number of ether oxygens (including phenoxy) is 4. The Morgan fingerprint density at radius 3 is 1.44 bits per heavy atom. The van der Waals surface area contributed by atoms with Gasteiger partial charge in [-0.05, 0) is 25.2 Å². The van der Waals surface area contributed by atoms with E-state index in [9.17, 15) is 0 Å². The van der Waals surface area contributed by atoms with E-state index in [1.807, 2.05) is 12.1 Å². The van der Waals surface area contributed by atoms with Crippen LogP contribution in [0, 0.1) is 0 Å². The summed E-state index contributed by atoms with van der Waals surface area (Å²) in [7, 11) is 4.21. The Bertz CT molecular complexity index is 670. The summed E-state index contributed by atoms with van der Waals surface area (Å²) in [5.41, 5.74) is 2.36. The van der Waals surface area contributed by atoms with Gasteiger partial charge in [0.15, 0.2) is 0 Å². The Hall–Kier alpha value is -1.80. The number of hydrogen-bond acceptors (Lipinski definition) is 6. The highest BCUT2D eigenvalue weighted by molar-refractivity contribution is 5.19. The van der Waals surface area contributed by atoms with Gasteiger partial charge in [-0.25, -0.2) is 0 Å². The van der Waals surface area contributed by atoms with Crippen molar-refractivity contribution >= 4 is 0 Å². The van der Waals surface area contributed by atoms with Gasteiger partial charge >= 0.3 is 0 Å². The van der Waals surface area contributed by atoms with Gasteiger partial charge < -0.3 is 28.7 Å². The van der Waals surface area contributed by atoms with Crippen LogP contribution in [0.25, 0.3) is 0 Å². The molecule has 3 rings (SSSR count). The van der Waals surface area contributed by atoms with E-state index in [2.05, 4.69) is 72.4 Å². The fraction of sp³-hybridized carbons (Fsp3) is 0.538. The largest absolute Gasteiger partial charge is 0.378 e. The van der Waals surface area contributed by atoms with Crippen LogP contribution < -0.4 is 0 Å². The molecule has 6 nitrogen and oxygen atoms in total. The molecule has 1 saturated heterocycles. The number of hydrogen-bond donors (Lipinski definition) is 0. The summed E-state index contributed by atoms with van der Waals surface area (Å²) in [6.07, 6.45) is -0.0442. The Morgan fingerprint density at radius 1 is 0.562 bits per heavy atom. The normalized spacial score (nSPS) is 24.4. The summed E-state index contributed by atoms with van der Waals surface area (Å²) >= 11 is 0. The second kappa shape index (κ2) is 14.4. The molecule has 176 valence electrons. The third-order valence-corrected chi connectivity index (χ3v) is 5.63. The van der Waals surface area contributed by atoms with Crippen molar-refractivity contribution in [1.29, 1.82) is 0 Å². The lowest BCUT2D eigenvalue weighted by atomic mass is 10.1. The summed E-state index contributed by atoms with van der Waals surface area (Å²) in [6, 6.07) is 20.8. The van der Waals surface area contributed by atoms with E-state index in [4.69, 9.17) is 18.9 Å². The minimum Gasteiger partial charge on any atom is -0.378 e. The molecular formula is C26H38N2O4. The maximum Gasteiger partial charge on any atom is 0.0952 e. The van der Waals surface area contributed by atoms with Crippen LogP contribution in [0.4, 0.5) is 0 Å². The summed E-state index contributed by atoms with van der Waals surface area (Å²) < 4.78 is 24.1. The average molecular weight is 443 g/mol. The molecule has 0 aromatic heterocycles. The zero-order valence-corrected chi connectivity index (χ0v) is 19.5. The summed E-state index contributed by atoms with van der Waals surface area (Å²) in [6.45, 7) is 7.00. The molecule has 1 heterocycles. The van der Waals surface area contributed by atoms with E-state index in [0.717, 1.165) is 26.2 Å². The number of likely N-dealkylation sites (N-methyl/N-ethyl adjacent to an activating group) is 2. The molecule has 0 amide bonds. The Kier molecular flexibility index (Phi) is 11.2. The zero-order chi connectivity index (χ0) is 22.4. The van der Waals surface area contributed by atoms with Gasteiger partial charge in [0.1, 0.15) is 0 Å². The van der Waals surface area contributed by atoms with Crippen molar-refractivity contribution in [2.45, 2.75) is 12.2 Å². The highest BCUT2D eigenvalue weighted by Crippen LogP contribution is 2.22. The van der Waals surface area contributed by atoms with Crippen LogP contribution in [0.5, 0.6) is 0 Å². The molecule has 0 saturated carbocycles. The van der Waals surface area contributed by atoms with Crippen LogP contribution in [0.2, 0.25) is 0 Å². The van der Waals surface area contributed by atoms with Gasteiger partial charge in [-0.15, -0.1) is 0 Å². The molecule has 0 N–H and O–H groups in total. The minimum absolute atomic E-state index is 0.0221. The second-order valence-electron chi connectivity index (χ2n) is 8.29. The minimum atomic E-state index is -0.0221. The first-order valence-corrected chi connectivity index (χ1v) is 11.6. The quantitative estimate of drug-likeness (QED) is 0.710. The van der Waals surface area contributed by atoms with Crippen LogP contribution in [0.3, 0.4) is 0 Å². The van der Waals surface area contributed by atoms with E-state index in [1.54, 1.807) is 0 Å². The lowest BCUT2D eigenvalue weighted by Gasteiger charge is -2.29. The van der Waals surface area contributed by atoms with Crippen molar-refractivity contribution in [3.8, 4) is 0 Å². The Balaban J connectivity index is 1.68. The van der Waals surface area contributed by atoms with Gasteiger partial charge in [-0.1, -0.05) is 60.7 Å². The van der Waals surface area contributed by atoms with Gasteiger partial charge in [-0.2, -0.15) is 0 Å². The van der Waals surface area contributed by atoms with E-state index < -0.39 is 0 Å². The third kappa shape index (κ3) is 8.98. The van der Waals surface area contributed by atoms with Crippen molar-refractivity contribution < 1.29 is 18.9 Å². The van der Waals surface area contributed by atoms with Crippen LogP contribution in [0.15, 0.2) is 60.7 Å². The average Bonchev–Trinajstić information content (AvgIpc) is 2.82. The summed E-state index contributed by atoms with van der Waals surface area (Å²) in [4.78, 5) is 4.51. The second-order valence-corrected chi connectivity index (χ2v) is 8.29. The number of benzene rings is 2. The summed E-state index contributed by atoms with van der Waals surface area (Å²) in [5.74, 6) is 0. The predicted molar refractivity (Wildman–Crippen MR) is 127 cm³/mol. The molecule has 2 aromatic rings. The molecule has 6 heteroatoms. The molecule has 1 fully saturated rings. The Morgan fingerprint density at radius 2 is 1.00 bits per heavy atom. The number of rotatable bonds is 2. The SMILES string of the molecule is CN1CCOCCO[C@H](c2ccccc2)CN(C)C[C@@H](c2ccccc2)OCCOCC1. The number of nitrogens with zero attached hydrogens (tertiary/aromatic N) is 2. The lowest BCUT2D eigenvalue weighted by Crippen LogP contribution is -2.32. The predicted octanol–water partition coefficient (Wildman–Crippen LogP) is 3.41. The van der Waals surface area contributed by atoms with Crippen molar-refractivity contribution in [2.24, 2.45) is 0 Å². The zero-order valence-electron chi connectivity index (χ0n) is 19.5. The van der Waals surface area contributed by atoms with Gasteiger partial charge in [0.25, 0.3) is 0 Å². The first-order valence-electron chi connectivity index (χ1n) is 11.6. The first-order chi connectivity index (χ1) is 15.7. The van der Waals surface area contributed by atoms with E-state index in [-0.39, 0.29) is 12.2 Å². The smallest absolute Gasteiger partial charge is 0.0952 e. The van der Waals surface area contributed by atoms with Crippen LogP contribution in [-0.2, 0) is 18.9 Å². The van der Waals surface area contributed by atoms with Crippen molar-refractivity contribution in [3.05, 3.63) is 71.8 Å². The summed E-state index contributed by atoms with van der Waals surface area (Å²) in [5, 5.41) is 0. The van der Waals surface area contributed by atoms with Crippen LogP contribution >= 0.6 is 0 Å². The molecule has 2 atom stereocenters. The molecule has 2 aromatic carbocycles. The molecule has 0 aliphatic carbocycles. The first kappa shape index (κ1) is 24.8. The van der Waals surface area contributed by atoms with Gasteiger partial charge in [0, 0.05) is 26.2 Å². The molecule has 1 aliphatic heterocycles. The van der Waals surface area contributed by atoms with Gasteiger partial charge in [0.05, 0.1) is 51.8 Å². The topological polar surface area (TPSA) is 43.4 Å². The van der Waals surface area contributed by atoms with Crippen molar-refractivity contribution in [1.82, 2.24) is 9.80 Å². The monoisotopic (exact) mass is 442 g/mol. The van der Waals surface area contributed by atoms with Crippen LogP contribution in [-0.4, -0.2) is 89.7 Å². The highest BCUT2D eigenvalue weighted by Gasteiger charge is 2.19. The molecule has 0 radical (unpaired) electrons. The molecule has 0 unspecified atom stereocenters. The molecule has 0 bridgehead atoms. The van der Waals surface area contributed by atoms with E-state index in [1.165, 1.54) is 11.1 Å². The van der Waals surface area contributed by atoms with E-state index in [0.29, 0.717) is 39.6 Å². The fourth-order valence-corrected chi connectivity index (χ4v) is 3.74. The highest BCUT2D eigenvalue weighted by atomic mass is 16.5. The fourth-order valence-electron chi connectivity index (χ4n) is 3.74. The maximum absolute atomic E-state index is 6.27. The van der Waals surface area contributed by atoms with Crippen molar-refractivity contribution in [3.63, 3.8) is 0 Å². The molecular weight excluding hydrogens is 404 g/mol. The Labute approximate surface area is 193 Å². The van der Waals surface area contributed by atoms with Crippen molar-refractivity contribution in [2.75, 3.05) is 79.9 Å². The molecule has 0 spiro atoms. The third-order valence-electron chi connectivity index (χ3n) is 5.63. The molecule has 32 heavy (non-hydrogen) atoms. The standard InChI is InChI=1S/C26H38N2O4/c1-27-13-15-29-17-19-31-25(23-9-5-3-6-10-23)21-28(2)22-26(24-11-7-4-8-12-24)32-20-18-30-16-14-27/h3-12,25-26H,13-22H2,1-2H3/t25-,26-/m0/s1.